The number of thioether (sulfide) groups is 1. The zero-order valence-corrected chi connectivity index (χ0v) is 17.8. The summed E-state index contributed by atoms with van der Waals surface area (Å²) in [6.45, 7) is 2.13. The Kier molecular flexibility index (Phi) is 8.99. The van der Waals surface area contributed by atoms with E-state index in [1.807, 2.05) is 31.2 Å². The second kappa shape index (κ2) is 11.5. The maximum Gasteiger partial charge on any atom is 0.242 e. The van der Waals surface area contributed by atoms with Crippen LogP contribution in [0.5, 0.6) is 5.75 Å². The fourth-order valence-electron chi connectivity index (χ4n) is 2.93. The number of likely N-dealkylation sites (N-methyl/N-ethyl adjacent to an activating group) is 1. The van der Waals surface area contributed by atoms with E-state index in [0.29, 0.717) is 12.2 Å². The Balaban J connectivity index is 2.05. The first-order valence-electron chi connectivity index (χ1n) is 9.44. The third-order valence-corrected chi connectivity index (χ3v) is 5.54. The van der Waals surface area contributed by atoms with Crippen molar-refractivity contribution in [2.75, 3.05) is 19.9 Å². The van der Waals surface area contributed by atoms with Gasteiger partial charge in [-0.2, -0.15) is 0 Å². The lowest BCUT2D eigenvalue weighted by molar-refractivity contribution is -0.139. The fourth-order valence-corrected chi connectivity index (χ4v) is 3.80. The van der Waals surface area contributed by atoms with Crippen molar-refractivity contribution in [3.63, 3.8) is 0 Å². The lowest BCUT2D eigenvalue weighted by Gasteiger charge is -2.30. The first kappa shape index (κ1) is 22.7. The molecule has 0 heterocycles. The highest BCUT2D eigenvalue weighted by atomic mass is 32.2. The lowest BCUT2D eigenvalue weighted by atomic mass is 10.1. The topological polar surface area (TPSA) is 58.6 Å². The zero-order valence-electron chi connectivity index (χ0n) is 17.0. The van der Waals surface area contributed by atoms with E-state index in [2.05, 4.69) is 5.32 Å². The molecular formula is C22H27FN2O3S. The molecule has 0 aromatic heterocycles. The number of amides is 2. The van der Waals surface area contributed by atoms with E-state index in [0.717, 1.165) is 16.9 Å². The smallest absolute Gasteiger partial charge is 0.242 e. The number of nitrogens with zero attached hydrogens (tertiary/aromatic N) is 1. The van der Waals surface area contributed by atoms with Gasteiger partial charge in [-0.1, -0.05) is 31.2 Å². The number of carbonyl (C=O) groups excluding carboxylic acids is 2. The van der Waals surface area contributed by atoms with Crippen molar-refractivity contribution in [2.24, 2.45) is 0 Å². The summed E-state index contributed by atoms with van der Waals surface area (Å²) in [5.74, 6) is 1.06. The molecule has 5 nitrogen and oxygen atoms in total. The van der Waals surface area contributed by atoms with E-state index in [9.17, 15) is 14.0 Å². The van der Waals surface area contributed by atoms with Crippen molar-refractivity contribution in [1.29, 1.82) is 0 Å². The number of rotatable bonds is 10. The quantitative estimate of drug-likeness (QED) is 0.640. The normalized spacial score (nSPS) is 11.6. The second-order valence-corrected chi connectivity index (χ2v) is 7.51. The van der Waals surface area contributed by atoms with E-state index in [4.69, 9.17) is 4.74 Å². The van der Waals surface area contributed by atoms with Gasteiger partial charge in [0.2, 0.25) is 11.8 Å². The molecule has 2 aromatic carbocycles. The number of methoxy groups -OCH3 is 1. The number of hydrogen-bond acceptors (Lipinski definition) is 4. The second-order valence-electron chi connectivity index (χ2n) is 6.53. The molecule has 0 aliphatic heterocycles. The molecule has 0 bridgehead atoms. The average Bonchev–Trinajstić information content (AvgIpc) is 2.75. The summed E-state index contributed by atoms with van der Waals surface area (Å²) >= 11 is 1.49. The Bertz CT molecular complexity index is 797. The molecule has 1 N–H and O–H groups in total. The van der Waals surface area contributed by atoms with Gasteiger partial charge in [0, 0.05) is 19.3 Å². The van der Waals surface area contributed by atoms with E-state index < -0.39 is 6.04 Å². The minimum absolute atomic E-state index is 0.122. The summed E-state index contributed by atoms with van der Waals surface area (Å²) in [5, 5.41) is 2.63. The Morgan fingerprint density at radius 1 is 1.10 bits per heavy atom. The first-order chi connectivity index (χ1) is 14.0. The molecule has 0 unspecified atom stereocenters. The highest BCUT2D eigenvalue weighted by Crippen LogP contribution is 2.19. The van der Waals surface area contributed by atoms with Crippen molar-refractivity contribution < 1.29 is 18.7 Å². The van der Waals surface area contributed by atoms with Crippen LogP contribution in [0.1, 0.15) is 24.5 Å². The van der Waals surface area contributed by atoms with Crippen molar-refractivity contribution >= 4 is 23.6 Å². The SMILES string of the molecule is CC[C@@H](C(=O)NC)N(Cc1ccc(F)cc1)C(=O)CSCc1ccc(OC)cc1. The zero-order chi connectivity index (χ0) is 21.2. The van der Waals surface area contributed by atoms with Crippen LogP contribution in [-0.4, -0.2) is 42.7 Å². The molecule has 0 aliphatic rings. The largest absolute Gasteiger partial charge is 0.497 e. The minimum Gasteiger partial charge on any atom is -0.497 e. The molecule has 0 aliphatic carbocycles. The standard InChI is InChI=1S/C22H27FN2O3S/c1-4-20(22(27)24-2)25(13-16-5-9-18(23)10-6-16)21(26)15-29-14-17-7-11-19(28-3)12-8-17/h5-12,20H,4,13-15H2,1-3H3,(H,24,27)/t20-/m0/s1. The Morgan fingerprint density at radius 2 is 1.72 bits per heavy atom. The third-order valence-electron chi connectivity index (χ3n) is 4.55. The number of halogens is 1. The van der Waals surface area contributed by atoms with Gasteiger partial charge in [0.15, 0.2) is 0 Å². The van der Waals surface area contributed by atoms with Crippen LogP contribution in [0.3, 0.4) is 0 Å². The van der Waals surface area contributed by atoms with Crippen LogP contribution in [-0.2, 0) is 21.9 Å². The summed E-state index contributed by atoms with van der Waals surface area (Å²) in [5.41, 5.74) is 1.87. The number of ether oxygens (including phenoxy) is 1. The molecule has 0 saturated heterocycles. The molecule has 0 radical (unpaired) electrons. The van der Waals surface area contributed by atoms with Gasteiger partial charge in [-0.25, -0.2) is 4.39 Å². The average molecular weight is 419 g/mol. The molecule has 2 rings (SSSR count). The van der Waals surface area contributed by atoms with E-state index in [1.54, 1.807) is 31.2 Å². The van der Waals surface area contributed by atoms with Crippen molar-refractivity contribution in [2.45, 2.75) is 31.7 Å². The summed E-state index contributed by atoms with van der Waals surface area (Å²) in [7, 11) is 3.18. The van der Waals surface area contributed by atoms with Crippen molar-refractivity contribution in [3.8, 4) is 5.75 Å². The molecule has 29 heavy (non-hydrogen) atoms. The van der Waals surface area contributed by atoms with Gasteiger partial charge in [-0.05, 0) is 41.8 Å². The van der Waals surface area contributed by atoms with Crippen LogP contribution in [0.4, 0.5) is 4.39 Å². The predicted molar refractivity (Wildman–Crippen MR) is 114 cm³/mol. The molecule has 0 saturated carbocycles. The van der Waals surface area contributed by atoms with Gasteiger partial charge < -0.3 is 15.0 Å². The molecule has 0 spiro atoms. The molecule has 2 aromatic rings. The number of benzene rings is 2. The molecule has 2 amide bonds. The van der Waals surface area contributed by atoms with E-state index in [1.165, 1.54) is 23.9 Å². The highest BCUT2D eigenvalue weighted by Gasteiger charge is 2.27. The fraction of sp³-hybridized carbons (Fsp3) is 0.364. The van der Waals surface area contributed by atoms with Gasteiger partial charge in [-0.15, -0.1) is 11.8 Å². The molecule has 1 atom stereocenters. The Hall–Kier alpha value is -2.54. The van der Waals surface area contributed by atoms with Crippen LogP contribution in [0.2, 0.25) is 0 Å². The van der Waals surface area contributed by atoms with Crippen molar-refractivity contribution in [3.05, 3.63) is 65.5 Å². The monoisotopic (exact) mass is 418 g/mol. The summed E-state index contributed by atoms with van der Waals surface area (Å²) in [6.07, 6.45) is 0.496. The lowest BCUT2D eigenvalue weighted by Crippen LogP contribution is -2.48. The van der Waals surface area contributed by atoms with Crippen LogP contribution in [0.25, 0.3) is 0 Å². The van der Waals surface area contributed by atoms with Crippen LogP contribution < -0.4 is 10.1 Å². The van der Waals surface area contributed by atoms with Gasteiger partial charge in [-0.3, -0.25) is 9.59 Å². The Morgan fingerprint density at radius 3 is 2.28 bits per heavy atom. The first-order valence-corrected chi connectivity index (χ1v) is 10.6. The third kappa shape index (κ3) is 6.78. The Labute approximate surface area is 175 Å². The van der Waals surface area contributed by atoms with E-state index >= 15 is 0 Å². The molecule has 156 valence electrons. The molecular weight excluding hydrogens is 391 g/mol. The summed E-state index contributed by atoms with van der Waals surface area (Å²) < 4.78 is 18.4. The van der Waals surface area contributed by atoms with Crippen LogP contribution in [0, 0.1) is 5.82 Å². The minimum atomic E-state index is -0.570. The summed E-state index contributed by atoms with van der Waals surface area (Å²) in [4.78, 5) is 26.8. The maximum absolute atomic E-state index is 13.2. The van der Waals surface area contributed by atoms with E-state index in [-0.39, 0.29) is 29.9 Å². The number of nitrogens with one attached hydrogen (secondary N) is 1. The van der Waals surface area contributed by atoms with Gasteiger partial charge >= 0.3 is 0 Å². The maximum atomic E-state index is 13.2. The van der Waals surface area contributed by atoms with Crippen molar-refractivity contribution in [1.82, 2.24) is 10.2 Å². The molecule has 7 heteroatoms. The number of carbonyl (C=O) groups is 2. The number of hydrogen-bond donors (Lipinski definition) is 1. The van der Waals surface area contributed by atoms with Gasteiger partial charge in [0.1, 0.15) is 17.6 Å². The predicted octanol–water partition coefficient (Wildman–Crippen LogP) is 3.62. The van der Waals surface area contributed by atoms with Gasteiger partial charge in [0.25, 0.3) is 0 Å². The van der Waals surface area contributed by atoms with Crippen LogP contribution in [0.15, 0.2) is 48.5 Å². The van der Waals surface area contributed by atoms with Crippen LogP contribution >= 0.6 is 11.8 Å². The molecule has 0 fully saturated rings. The van der Waals surface area contributed by atoms with Gasteiger partial charge in [0.05, 0.1) is 12.9 Å². The highest BCUT2D eigenvalue weighted by molar-refractivity contribution is 7.99. The summed E-state index contributed by atoms with van der Waals surface area (Å²) in [6, 6.07) is 13.1.